The van der Waals surface area contributed by atoms with Crippen molar-refractivity contribution in [1.29, 1.82) is 0 Å². The lowest BCUT2D eigenvalue weighted by atomic mass is 10.1. The van der Waals surface area contributed by atoms with Crippen LogP contribution in [0, 0.1) is 5.92 Å². The van der Waals surface area contributed by atoms with Crippen LogP contribution in [0.15, 0.2) is 58.8 Å². The standard InChI is InChI=1S/C17H21N3O4S5/c1-13(17(21)20-10-11-25-26-14-6-2-4-8-18-14)12-16(29(22,23)24)28-27-15-7-3-5-9-19-15/h2-9,13,16H,10-12H2,1H3,(H,20,21)(H,22,23,24). The number of pyridine rings is 2. The quantitative estimate of drug-likeness (QED) is 0.257. The molecule has 0 aliphatic carbocycles. The van der Waals surface area contributed by atoms with Crippen LogP contribution in [0.25, 0.3) is 0 Å². The number of nitrogens with zero attached hydrogens (tertiary/aromatic N) is 2. The van der Waals surface area contributed by atoms with Gasteiger partial charge in [-0.25, -0.2) is 9.97 Å². The first kappa shape index (κ1) is 24.4. The van der Waals surface area contributed by atoms with Crippen molar-refractivity contribution < 1.29 is 17.8 Å². The normalized spacial score (nSPS) is 13.6. The second-order valence-corrected chi connectivity index (χ2v) is 12.6. The zero-order chi connectivity index (χ0) is 21.1. The molecule has 0 bridgehead atoms. The van der Waals surface area contributed by atoms with Crippen LogP contribution in [0.3, 0.4) is 0 Å². The summed E-state index contributed by atoms with van der Waals surface area (Å²) in [7, 11) is 0.931. The van der Waals surface area contributed by atoms with Gasteiger partial charge >= 0.3 is 0 Å². The summed E-state index contributed by atoms with van der Waals surface area (Å²) in [6.07, 6.45) is 3.33. The number of carbonyl (C=O) groups excluding carboxylic acids is 1. The lowest BCUT2D eigenvalue weighted by Crippen LogP contribution is -2.33. The fraction of sp³-hybridized carbons (Fsp3) is 0.353. The van der Waals surface area contributed by atoms with E-state index in [2.05, 4.69) is 15.3 Å². The van der Waals surface area contributed by atoms with Crippen molar-refractivity contribution in [1.82, 2.24) is 15.3 Å². The summed E-state index contributed by atoms with van der Waals surface area (Å²) in [5.41, 5.74) is 0. The molecule has 158 valence electrons. The van der Waals surface area contributed by atoms with Crippen LogP contribution < -0.4 is 5.32 Å². The van der Waals surface area contributed by atoms with Gasteiger partial charge in [0.2, 0.25) is 5.91 Å². The molecule has 1 amide bonds. The van der Waals surface area contributed by atoms with E-state index in [4.69, 9.17) is 0 Å². The monoisotopic (exact) mass is 491 g/mol. The fourth-order valence-electron chi connectivity index (χ4n) is 1.99. The molecule has 2 atom stereocenters. The minimum Gasteiger partial charge on any atom is -0.355 e. The molecule has 2 aromatic heterocycles. The van der Waals surface area contributed by atoms with Crippen molar-refractivity contribution in [2.75, 3.05) is 12.3 Å². The topological polar surface area (TPSA) is 109 Å². The van der Waals surface area contributed by atoms with E-state index >= 15 is 0 Å². The van der Waals surface area contributed by atoms with Crippen LogP contribution in [0.4, 0.5) is 0 Å². The Morgan fingerprint density at radius 1 is 1.10 bits per heavy atom. The Balaban J connectivity index is 1.74. The van der Waals surface area contributed by atoms with E-state index < -0.39 is 20.6 Å². The minimum atomic E-state index is -4.30. The molecule has 2 N–H and O–H groups in total. The van der Waals surface area contributed by atoms with Gasteiger partial charge in [-0.15, -0.1) is 0 Å². The molecule has 2 rings (SSSR count). The molecular weight excluding hydrogens is 471 g/mol. The maximum absolute atomic E-state index is 12.3. The minimum absolute atomic E-state index is 0.00496. The summed E-state index contributed by atoms with van der Waals surface area (Å²) in [6.45, 7) is 2.11. The van der Waals surface area contributed by atoms with Gasteiger partial charge in [-0.3, -0.25) is 9.35 Å². The van der Waals surface area contributed by atoms with E-state index in [9.17, 15) is 17.8 Å². The smallest absolute Gasteiger partial charge is 0.278 e. The van der Waals surface area contributed by atoms with Crippen molar-refractivity contribution in [3.05, 3.63) is 48.8 Å². The van der Waals surface area contributed by atoms with Crippen LogP contribution in [-0.4, -0.2) is 45.7 Å². The Hall–Kier alpha value is -0.920. The van der Waals surface area contributed by atoms with Gasteiger partial charge in [-0.2, -0.15) is 8.42 Å². The van der Waals surface area contributed by atoms with E-state index in [1.165, 1.54) is 10.8 Å². The molecule has 0 fully saturated rings. The highest BCUT2D eigenvalue weighted by Gasteiger charge is 2.29. The molecule has 2 heterocycles. The van der Waals surface area contributed by atoms with Gasteiger partial charge in [0.15, 0.2) is 0 Å². The number of amides is 1. The summed E-state index contributed by atoms with van der Waals surface area (Å²) in [6, 6.07) is 11.0. The Bertz CT molecular complexity index is 856. The molecule has 7 nitrogen and oxygen atoms in total. The third-order valence-electron chi connectivity index (χ3n) is 3.47. The highest BCUT2D eigenvalue weighted by atomic mass is 33.1. The van der Waals surface area contributed by atoms with Crippen LogP contribution in [0.1, 0.15) is 13.3 Å². The maximum atomic E-state index is 12.3. The van der Waals surface area contributed by atoms with Gasteiger partial charge in [0, 0.05) is 30.6 Å². The molecule has 0 spiro atoms. The molecule has 0 saturated carbocycles. The zero-order valence-electron chi connectivity index (χ0n) is 15.5. The third-order valence-corrected chi connectivity index (χ3v) is 10.4. The molecule has 0 aromatic carbocycles. The number of aromatic nitrogens is 2. The Labute approximate surface area is 186 Å². The predicted octanol–water partition coefficient (Wildman–Crippen LogP) is 4.01. The molecule has 2 aromatic rings. The van der Waals surface area contributed by atoms with Crippen LogP contribution in [-0.2, 0) is 14.9 Å². The van der Waals surface area contributed by atoms with Crippen molar-refractivity contribution in [2.24, 2.45) is 5.92 Å². The van der Waals surface area contributed by atoms with Gasteiger partial charge in [0.05, 0.1) is 0 Å². The highest BCUT2D eigenvalue weighted by Crippen LogP contribution is 2.38. The third kappa shape index (κ3) is 9.62. The molecule has 0 saturated heterocycles. The van der Waals surface area contributed by atoms with Crippen molar-refractivity contribution in [2.45, 2.75) is 28.0 Å². The molecule has 0 aliphatic heterocycles. The number of hydrogen-bond acceptors (Lipinski definition) is 9. The van der Waals surface area contributed by atoms with Crippen LogP contribution >= 0.6 is 43.2 Å². The SMILES string of the molecule is CC(CC(SSc1ccccn1)S(=O)(=O)O)C(=O)NCCSSc1ccccn1. The molecule has 0 aliphatic rings. The van der Waals surface area contributed by atoms with E-state index in [-0.39, 0.29) is 12.3 Å². The molecule has 12 heteroatoms. The van der Waals surface area contributed by atoms with Gasteiger partial charge in [-0.1, -0.05) is 40.6 Å². The van der Waals surface area contributed by atoms with E-state index in [0.29, 0.717) is 17.3 Å². The summed E-state index contributed by atoms with van der Waals surface area (Å²) < 4.78 is 31.8. The Kier molecular flexibility index (Phi) is 10.7. The predicted molar refractivity (Wildman–Crippen MR) is 122 cm³/mol. The van der Waals surface area contributed by atoms with Gasteiger partial charge in [-0.05, 0) is 52.3 Å². The van der Waals surface area contributed by atoms with Gasteiger partial charge in [0.1, 0.15) is 14.6 Å². The average molecular weight is 492 g/mol. The Morgan fingerprint density at radius 2 is 1.72 bits per heavy atom. The van der Waals surface area contributed by atoms with E-state index in [1.54, 1.807) is 48.3 Å². The van der Waals surface area contributed by atoms with E-state index in [1.807, 2.05) is 18.2 Å². The van der Waals surface area contributed by atoms with E-state index in [0.717, 1.165) is 26.6 Å². The van der Waals surface area contributed by atoms with Crippen molar-refractivity contribution >= 4 is 59.2 Å². The first-order chi connectivity index (χ1) is 13.9. The van der Waals surface area contributed by atoms with Gasteiger partial charge < -0.3 is 5.32 Å². The van der Waals surface area contributed by atoms with Gasteiger partial charge in [0.25, 0.3) is 10.1 Å². The average Bonchev–Trinajstić information content (AvgIpc) is 2.71. The zero-order valence-corrected chi connectivity index (χ0v) is 19.6. The summed E-state index contributed by atoms with van der Waals surface area (Å²) in [4.78, 5) is 20.6. The summed E-state index contributed by atoms with van der Waals surface area (Å²) in [5.74, 6) is -0.121. The first-order valence-corrected chi connectivity index (χ1v) is 14.6. The maximum Gasteiger partial charge on any atom is 0.278 e. The van der Waals surface area contributed by atoms with Crippen molar-refractivity contribution in [3.63, 3.8) is 0 Å². The molecule has 0 radical (unpaired) electrons. The number of nitrogens with one attached hydrogen (secondary N) is 1. The Morgan fingerprint density at radius 3 is 2.28 bits per heavy atom. The summed E-state index contributed by atoms with van der Waals surface area (Å²) >= 11 is 0. The van der Waals surface area contributed by atoms with Crippen LogP contribution in [0.2, 0.25) is 0 Å². The molecule has 29 heavy (non-hydrogen) atoms. The van der Waals surface area contributed by atoms with Crippen molar-refractivity contribution in [3.8, 4) is 0 Å². The second-order valence-electron chi connectivity index (χ2n) is 5.79. The second kappa shape index (κ2) is 12.7. The van der Waals surface area contributed by atoms with Crippen LogP contribution in [0.5, 0.6) is 0 Å². The molecular formula is C17H21N3O4S5. The summed E-state index contributed by atoms with van der Waals surface area (Å²) in [5, 5.41) is 4.33. The lowest BCUT2D eigenvalue weighted by molar-refractivity contribution is -0.124. The largest absolute Gasteiger partial charge is 0.355 e. The number of rotatable bonds is 12. The lowest BCUT2D eigenvalue weighted by Gasteiger charge is -2.17. The fourth-order valence-corrected chi connectivity index (χ4v) is 7.92. The highest BCUT2D eigenvalue weighted by molar-refractivity contribution is 8.78. The first-order valence-electron chi connectivity index (χ1n) is 8.55. The number of carbonyl (C=O) groups is 1. The number of hydrogen-bond donors (Lipinski definition) is 2. The molecule has 2 unspecified atom stereocenters.